The first-order chi connectivity index (χ1) is 4.35. The van der Waals surface area contributed by atoms with Crippen molar-refractivity contribution in [3.8, 4) is 12.3 Å². The highest BCUT2D eigenvalue weighted by molar-refractivity contribution is 7.17. The van der Waals surface area contributed by atoms with Gasteiger partial charge in [-0.3, -0.25) is 4.52 Å². The van der Waals surface area contributed by atoms with Crippen molar-refractivity contribution in [2.45, 2.75) is 12.5 Å². The standard InChI is InChI=1S/C6H7O2P/c1-3-5-6(4-2)8-9-7/h1,4,6H,2,5H2. The molecule has 0 radical (unpaired) electrons. The SMILES string of the molecule is C#CCC(C=C)OP=O. The first-order valence-corrected chi connectivity index (χ1v) is 3.12. The summed E-state index contributed by atoms with van der Waals surface area (Å²) >= 11 is 0. The first-order valence-electron chi connectivity index (χ1n) is 2.39. The van der Waals surface area contributed by atoms with Gasteiger partial charge in [-0.1, -0.05) is 6.08 Å². The van der Waals surface area contributed by atoms with E-state index >= 15 is 0 Å². The van der Waals surface area contributed by atoms with Crippen molar-refractivity contribution in [1.29, 1.82) is 0 Å². The van der Waals surface area contributed by atoms with E-state index in [1.54, 1.807) is 0 Å². The molecule has 0 rings (SSSR count). The fraction of sp³-hybridized carbons (Fsp3) is 0.333. The Balaban J connectivity index is 3.56. The average Bonchev–Trinajstić information content (AvgIpc) is 1.88. The van der Waals surface area contributed by atoms with Crippen molar-refractivity contribution in [3.05, 3.63) is 12.7 Å². The van der Waals surface area contributed by atoms with Crippen molar-refractivity contribution in [3.63, 3.8) is 0 Å². The molecular formula is C6H7O2P. The van der Waals surface area contributed by atoms with Crippen LogP contribution >= 0.6 is 8.69 Å². The number of hydrogen-bond acceptors (Lipinski definition) is 2. The second kappa shape index (κ2) is 5.50. The van der Waals surface area contributed by atoms with Crippen LogP contribution in [0.5, 0.6) is 0 Å². The number of hydrogen-bond donors (Lipinski definition) is 0. The quantitative estimate of drug-likeness (QED) is 0.340. The van der Waals surface area contributed by atoms with Crippen LogP contribution in [0.25, 0.3) is 0 Å². The van der Waals surface area contributed by atoms with Gasteiger partial charge in [-0.15, -0.1) is 18.9 Å². The predicted octanol–water partition coefficient (Wildman–Crippen LogP) is 1.79. The highest BCUT2D eigenvalue weighted by Crippen LogP contribution is 2.06. The van der Waals surface area contributed by atoms with Gasteiger partial charge >= 0.3 is 8.69 Å². The maximum Gasteiger partial charge on any atom is 0.327 e. The third kappa shape index (κ3) is 3.90. The second-order valence-corrected chi connectivity index (χ2v) is 1.72. The molecule has 0 aromatic heterocycles. The molecule has 1 atom stereocenters. The van der Waals surface area contributed by atoms with E-state index in [0.29, 0.717) is 6.42 Å². The van der Waals surface area contributed by atoms with Gasteiger partial charge in [0.05, 0.1) is 0 Å². The molecule has 0 spiro atoms. The molecule has 0 aliphatic carbocycles. The Kier molecular flexibility index (Phi) is 5.11. The summed E-state index contributed by atoms with van der Waals surface area (Å²) in [5.41, 5.74) is 0. The monoisotopic (exact) mass is 142 g/mol. The van der Waals surface area contributed by atoms with E-state index in [9.17, 15) is 4.57 Å². The Bertz CT molecular complexity index is 136. The van der Waals surface area contributed by atoms with Gasteiger partial charge in [0, 0.05) is 6.42 Å². The summed E-state index contributed by atoms with van der Waals surface area (Å²) in [6.07, 6.45) is 6.60. The van der Waals surface area contributed by atoms with Crippen LogP contribution in [0.15, 0.2) is 12.7 Å². The maximum atomic E-state index is 9.81. The van der Waals surface area contributed by atoms with Gasteiger partial charge in [0.25, 0.3) is 0 Å². The van der Waals surface area contributed by atoms with Gasteiger partial charge in [-0.2, -0.15) is 0 Å². The molecule has 0 fully saturated rings. The molecule has 48 valence electrons. The zero-order valence-electron chi connectivity index (χ0n) is 4.91. The van der Waals surface area contributed by atoms with Gasteiger partial charge in [-0.05, 0) is 0 Å². The highest BCUT2D eigenvalue weighted by atomic mass is 31.1. The van der Waals surface area contributed by atoms with E-state index in [2.05, 4.69) is 17.0 Å². The first kappa shape index (κ1) is 8.36. The lowest BCUT2D eigenvalue weighted by atomic mass is 10.3. The normalized spacial score (nSPS) is 12.3. The number of rotatable bonds is 4. The molecule has 0 aromatic rings. The minimum absolute atomic E-state index is 0.283. The average molecular weight is 142 g/mol. The van der Waals surface area contributed by atoms with Crippen LogP contribution in [0.3, 0.4) is 0 Å². The molecule has 2 nitrogen and oxygen atoms in total. The third-order valence-electron chi connectivity index (χ3n) is 0.760. The van der Waals surface area contributed by atoms with E-state index in [4.69, 9.17) is 6.42 Å². The van der Waals surface area contributed by atoms with Crippen molar-refractivity contribution in [1.82, 2.24) is 0 Å². The van der Waals surface area contributed by atoms with Gasteiger partial charge in [0.2, 0.25) is 0 Å². The minimum atomic E-state index is -0.352. The van der Waals surface area contributed by atoms with Crippen LogP contribution in [-0.4, -0.2) is 6.10 Å². The molecule has 9 heavy (non-hydrogen) atoms. The molecule has 0 amide bonds. The van der Waals surface area contributed by atoms with Crippen molar-refractivity contribution in [2.75, 3.05) is 0 Å². The van der Waals surface area contributed by atoms with E-state index in [1.165, 1.54) is 6.08 Å². The van der Waals surface area contributed by atoms with Crippen LogP contribution in [0.1, 0.15) is 6.42 Å². The molecule has 3 heteroatoms. The molecule has 0 saturated carbocycles. The van der Waals surface area contributed by atoms with Crippen molar-refractivity contribution >= 4 is 8.69 Å². The summed E-state index contributed by atoms with van der Waals surface area (Å²) in [5.74, 6) is 2.36. The largest absolute Gasteiger partial charge is 0.327 e. The Labute approximate surface area is 56.2 Å². The van der Waals surface area contributed by atoms with Crippen LogP contribution in [0, 0.1) is 12.3 Å². The highest BCUT2D eigenvalue weighted by Gasteiger charge is 1.99. The lowest BCUT2D eigenvalue weighted by Crippen LogP contribution is -2.00. The van der Waals surface area contributed by atoms with Gasteiger partial charge in [0.15, 0.2) is 0 Å². The van der Waals surface area contributed by atoms with Crippen LogP contribution in [-0.2, 0) is 9.09 Å². The van der Waals surface area contributed by atoms with Crippen LogP contribution < -0.4 is 0 Å². The topological polar surface area (TPSA) is 26.3 Å². The molecule has 0 heterocycles. The molecule has 0 bridgehead atoms. The summed E-state index contributed by atoms with van der Waals surface area (Å²) in [6, 6.07) is 0. The molecule has 0 aliphatic heterocycles. The van der Waals surface area contributed by atoms with E-state index in [0.717, 1.165) is 0 Å². The summed E-state index contributed by atoms with van der Waals surface area (Å²) < 4.78 is 14.4. The molecule has 0 saturated heterocycles. The Morgan fingerprint density at radius 2 is 2.67 bits per heavy atom. The zero-order chi connectivity index (χ0) is 7.11. The maximum absolute atomic E-state index is 9.81. The summed E-state index contributed by atoms with van der Waals surface area (Å²) in [7, 11) is -0.352. The zero-order valence-corrected chi connectivity index (χ0v) is 5.80. The van der Waals surface area contributed by atoms with E-state index in [-0.39, 0.29) is 14.8 Å². The lowest BCUT2D eigenvalue weighted by Gasteiger charge is -2.00. The summed E-state index contributed by atoms with van der Waals surface area (Å²) in [4.78, 5) is 0. The summed E-state index contributed by atoms with van der Waals surface area (Å²) in [5, 5.41) is 0. The Hall–Kier alpha value is -0.640. The lowest BCUT2D eigenvalue weighted by molar-refractivity contribution is 0.280. The fourth-order valence-electron chi connectivity index (χ4n) is 0.335. The van der Waals surface area contributed by atoms with Gasteiger partial charge in [0.1, 0.15) is 6.10 Å². The fourth-order valence-corrected chi connectivity index (χ4v) is 0.606. The third-order valence-corrected chi connectivity index (χ3v) is 1.12. The summed E-state index contributed by atoms with van der Waals surface area (Å²) in [6.45, 7) is 3.43. The van der Waals surface area contributed by atoms with Crippen LogP contribution in [0.4, 0.5) is 0 Å². The Morgan fingerprint density at radius 3 is 3.00 bits per heavy atom. The van der Waals surface area contributed by atoms with E-state index in [1.807, 2.05) is 0 Å². The smallest absolute Gasteiger partial charge is 0.286 e. The van der Waals surface area contributed by atoms with Gasteiger partial charge in [-0.25, -0.2) is 4.57 Å². The number of terminal acetylenes is 1. The van der Waals surface area contributed by atoms with Crippen LogP contribution in [0.2, 0.25) is 0 Å². The van der Waals surface area contributed by atoms with Gasteiger partial charge < -0.3 is 0 Å². The Morgan fingerprint density at radius 1 is 2.00 bits per heavy atom. The van der Waals surface area contributed by atoms with Crippen molar-refractivity contribution in [2.24, 2.45) is 0 Å². The second-order valence-electron chi connectivity index (χ2n) is 1.36. The van der Waals surface area contributed by atoms with E-state index < -0.39 is 0 Å². The molecule has 0 aliphatic rings. The molecule has 1 unspecified atom stereocenters. The molecular weight excluding hydrogens is 135 g/mol. The molecule has 0 N–H and O–H groups in total. The predicted molar refractivity (Wildman–Crippen MR) is 36.1 cm³/mol. The minimum Gasteiger partial charge on any atom is -0.286 e. The molecule has 0 aromatic carbocycles. The van der Waals surface area contributed by atoms with Crippen molar-refractivity contribution < 1.29 is 9.09 Å².